The zero-order valence-corrected chi connectivity index (χ0v) is 16.5. The molecule has 0 fully saturated rings. The Morgan fingerprint density at radius 3 is 2.15 bits per heavy atom. The van der Waals surface area contributed by atoms with Gasteiger partial charge in [0.1, 0.15) is 10.6 Å². The van der Waals surface area contributed by atoms with E-state index in [1.165, 1.54) is 31.4 Å². The molecule has 0 heterocycles. The number of aromatic hydroxyl groups is 1. The smallest absolute Gasteiger partial charge is 0.294 e. The minimum Gasteiger partial charge on any atom is -0.504 e. The van der Waals surface area contributed by atoms with Gasteiger partial charge in [0.2, 0.25) is 0 Å². The molecular formula is C21H28O5S. The first-order valence-corrected chi connectivity index (χ1v) is 10.9. The van der Waals surface area contributed by atoms with Crippen molar-refractivity contribution in [1.82, 2.24) is 0 Å². The van der Waals surface area contributed by atoms with Crippen molar-refractivity contribution in [1.29, 1.82) is 0 Å². The summed E-state index contributed by atoms with van der Waals surface area (Å²) in [5.41, 5.74) is 0.208. The van der Waals surface area contributed by atoms with Crippen LogP contribution >= 0.6 is 0 Å². The second kappa shape index (κ2) is 10.3. The fourth-order valence-corrected chi connectivity index (χ4v) is 3.79. The van der Waals surface area contributed by atoms with Crippen LogP contribution in [-0.2, 0) is 16.5 Å². The molecule has 5 nitrogen and oxygen atoms in total. The summed E-state index contributed by atoms with van der Waals surface area (Å²) in [6, 6.07) is 11.6. The maximum absolute atomic E-state index is 11.7. The number of phenols is 1. The molecule has 2 N–H and O–H groups in total. The molecule has 0 unspecified atom stereocenters. The summed E-state index contributed by atoms with van der Waals surface area (Å²) >= 11 is 0. The van der Waals surface area contributed by atoms with E-state index in [4.69, 9.17) is 4.74 Å². The lowest BCUT2D eigenvalue weighted by Crippen LogP contribution is -2.04. The van der Waals surface area contributed by atoms with E-state index in [2.05, 4.69) is 6.92 Å². The molecule has 0 aliphatic rings. The first-order chi connectivity index (χ1) is 12.9. The van der Waals surface area contributed by atoms with Crippen molar-refractivity contribution in [2.24, 2.45) is 0 Å². The van der Waals surface area contributed by atoms with Crippen LogP contribution in [0.2, 0.25) is 0 Å². The molecule has 0 aliphatic heterocycles. The number of hydrogen-bond donors (Lipinski definition) is 2. The number of ether oxygens (including phenoxy) is 1. The monoisotopic (exact) mass is 392 g/mol. The molecule has 0 bridgehead atoms. The van der Waals surface area contributed by atoms with Crippen molar-refractivity contribution in [3.05, 3.63) is 48.0 Å². The third kappa shape index (κ3) is 6.56. The maximum Gasteiger partial charge on any atom is 0.294 e. The second-order valence-corrected chi connectivity index (χ2v) is 8.04. The summed E-state index contributed by atoms with van der Waals surface area (Å²) in [6.45, 7) is 2.17. The molecule has 0 spiro atoms. The van der Waals surface area contributed by atoms with Gasteiger partial charge in [0.15, 0.2) is 11.5 Å². The Morgan fingerprint density at radius 1 is 0.889 bits per heavy atom. The van der Waals surface area contributed by atoms with Crippen LogP contribution in [0.4, 0.5) is 0 Å². The molecule has 0 saturated heterocycles. The lowest BCUT2D eigenvalue weighted by Gasteiger charge is -2.14. The Hall–Kier alpha value is -2.05. The lowest BCUT2D eigenvalue weighted by molar-refractivity contribution is 0.402. The number of benzene rings is 2. The third-order valence-electron chi connectivity index (χ3n) is 4.48. The molecule has 0 saturated carbocycles. The standard InChI is InChI=1S/C21H28O5S/c1-2-3-4-5-6-7-11-14-18-20(27(23,24)25)16-15-19(21(18)22)26-17-12-9-8-10-13-17/h8-10,12-13,15-16,22H,2-7,11,14H2,1H3,(H,23,24,25). The van der Waals surface area contributed by atoms with E-state index in [1.54, 1.807) is 24.3 Å². The van der Waals surface area contributed by atoms with Crippen molar-refractivity contribution in [3.8, 4) is 17.2 Å². The fraction of sp³-hybridized carbons (Fsp3) is 0.429. The highest BCUT2D eigenvalue weighted by Gasteiger charge is 2.21. The Morgan fingerprint density at radius 2 is 1.52 bits per heavy atom. The Kier molecular flexibility index (Phi) is 8.13. The quantitative estimate of drug-likeness (QED) is 0.377. The van der Waals surface area contributed by atoms with Crippen molar-refractivity contribution in [2.75, 3.05) is 0 Å². The molecule has 0 aromatic heterocycles. The van der Waals surface area contributed by atoms with Crippen LogP contribution in [-0.4, -0.2) is 18.1 Å². The summed E-state index contributed by atoms with van der Waals surface area (Å²) in [7, 11) is -4.42. The second-order valence-electron chi connectivity index (χ2n) is 6.65. The van der Waals surface area contributed by atoms with Crippen LogP contribution < -0.4 is 4.74 Å². The van der Waals surface area contributed by atoms with Crippen molar-refractivity contribution in [2.45, 2.75) is 63.2 Å². The van der Waals surface area contributed by atoms with E-state index >= 15 is 0 Å². The third-order valence-corrected chi connectivity index (χ3v) is 5.42. The molecule has 2 aromatic rings. The number of phenolic OH excluding ortho intramolecular Hbond substituents is 1. The first-order valence-electron chi connectivity index (χ1n) is 9.48. The van der Waals surface area contributed by atoms with Crippen LogP contribution in [0.5, 0.6) is 17.2 Å². The molecule has 0 radical (unpaired) electrons. The van der Waals surface area contributed by atoms with E-state index in [0.29, 0.717) is 12.2 Å². The maximum atomic E-state index is 11.7. The number of hydrogen-bond acceptors (Lipinski definition) is 4. The Bertz CT molecular complexity index is 816. The number of unbranched alkanes of at least 4 members (excludes halogenated alkanes) is 6. The minimum absolute atomic E-state index is 0.173. The van der Waals surface area contributed by atoms with Gasteiger partial charge in [0.05, 0.1) is 0 Å². The van der Waals surface area contributed by atoms with Crippen LogP contribution in [0.1, 0.15) is 57.4 Å². The Labute approximate surface area is 161 Å². The van der Waals surface area contributed by atoms with Crippen molar-refractivity contribution < 1.29 is 22.8 Å². The van der Waals surface area contributed by atoms with Gasteiger partial charge < -0.3 is 9.84 Å². The van der Waals surface area contributed by atoms with Gasteiger partial charge in [-0.05, 0) is 37.1 Å². The van der Waals surface area contributed by atoms with Crippen molar-refractivity contribution >= 4 is 10.1 Å². The molecule has 148 valence electrons. The van der Waals surface area contributed by atoms with E-state index in [1.807, 2.05) is 6.07 Å². The summed E-state index contributed by atoms with van der Waals surface area (Å²) in [5.74, 6) is 0.473. The summed E-state index contributed by atoms with van der Waals surface area (Å²) in [5, 5.41) is 10.6. The van der Waals surface area contributed by atoms with E-state index in [0.717, 1.165) is 25.7 Å². The minimum atomic E-state index is -4.42. The highest BCUT2D eigenvalue weighted by Crippen LogP contribution is 2.38. The normalized spacial score (nSPS) is 11.5. The zero-order chi connectivity index (χ0) is 19.7. The number of para-hydroxylation sites is 1. The average molecular weight is 393 g/mol. The average Bonchev–Trinajstić information content (AvgIpc) is 2.63. The predicted octanol–water partition coefficient (Wildman–Crippen LogP) is 5.72. The summed E-state index contributed by atoms with van der Waals surface area (Å²) in [6.07, 6.45) is 7.89. The molecule has 2 rings (SSSR count). The van der Waals surface area contributed by atoms with Gasteiger partial charge in [-0.1, -0.05) is 63.6 Å². The van der Waals surface area contributed by atoms with Crippen LogP contribution in [0, 0.1) is 0 Å². The molecule has 2 aromatic carbocycles. The molecule has 0 atom stereocenters. The van der Waals surface area contributed by atoms with Gasteiger partial charge in [-0.2, -0.15) is 8.42 Å². The van der Waals surface area contributed by atoms with E-state index in [9.17, 15) is 18.1 Å². The van der Waals surface area contributed by atoms with Crippen molar-refractivity contribution in [3.63, 3.8) is 0 Å². The molecule has 6 heteroatoms. The zero-order valence-electron chi connectivity index (χ0n) is 15.7. The van der Waals surface area contributed by atoms with Crippen LogP contribution in [0.25, 0.3) is 0 Å². The van der Waals surface area contributed by atoms with Gasteiger partial charge in [-0.3, -0.25) is 4.55 Å². The highest BCUT2D eigenvalue weighted by atomic mass is 32.2. The van der Waals surface area contributed by atoms with Gasteiger partial charge in [0.25, 0.3) is 10.1 Å². The van der Waals surface area contributed by atoms with Gasteiger partial charge in [0, 0.05) is 5.56 Å². The van der Waals surface area contributed by atoms with Gasteiger partial charge >= 0.3 is 0 Å². The van der Waals surface area contributed by atoms with E-state index in [-0.39, 0.29) is 22.0 Å². The largest absolute Gasteiger partial charge is 0.504 e. The molecule has 27 heavy (non-hydrogen) atoms. The lowest BCUT2D eigenvalue weighted by atomic mass is 10.0. The van der Waals surface area contributed by atoms with E-state index < -0.39 is 10.1 Å². The summed E-state index contributed by atoms with van der Waals surface area (Å²) < 4.78 is 38.5. The highest BCUT2D eigenvalue weighted by molar-refractivity contribution is 7.85. The predicted molar refractivity (Wildman–Crippen MR) is 106 cm³/mol. The summed E-state index contributed by atoms with van der Waals surface area (Å²) in [4.78, 5) is -0.258. The van der Waals surface area contributed by atoms with Gasteiger partial charge in [-0.25, -0.2) is 0 Å². The first kappa shape index (κ1) is 21.3. The topological polar surface area (TPSA) is 83.8 Å². The molecule has 0 amide bonds. The van der Waals surface area contributed by atoms with Crippen LogP contribution in [0.3, 0.4) is 0 Å². The number of rotatable bonds is 11. The fourth-order valence-electron chi connectivity index (χ4n) is 3.04. The van der Waals surface area contributed by atoms with Crippen LogP contribution in [0.15, 0.2) is 47.4 Å². The molecular weight excluding hydrogens is 364 g/mol. The SMILES string of the molecule is CCCCCCCCCc1c(S(=O)(=O)O)ccc(Oc2ccccc2)c1O. The van der Waals surface area contributed by atoms with Gasteiger partial charge in [-0.15, -0.1) is 0 Å². The molecule has 0 aliphatic carbocycles. The Balaban J connectivity index is 2.12.